The molecular formula is C17H21NO2. The summed E-state index contributed by atoms with van der Waals surface area (Å²) in [5, 5.41) is 3.18. The summed E-state index contributed by atoms with van der Waals surface area (Å²) in [5.74, 6) is 1.92. The van der Waals surface area contributed by atoms with Crippen molar-refractivity contribution in [2.24, 2.45) is 0 Å². The van der Waals surface area contributed by atoms with Crippen LogP contribution in [-0.4, -0.2) is 13.6 Å². The number of aryl methyl sites for hydroxylation is 1. The molecule has 0 spiro atoms. The van der Waals surface area contributed by atoms with Crippen LogP contribution in [0, 0.1) is 0 Å². The molecule has 3 heteroatoms. The van der Waals surface area contributed by atoms with Crippen molar-refractivity contribution in [1.29, 1.82) is 0 Å². The largest absolute Gasteiger partial charge is 0.482 e. The highest BCUT2D eigenvalue weighted by Gasteiger charge is 2.20. The zero-order valence-electron chi connectivity index (χ0n) is 11.9. The molecule has 1 atom stereocenters. The topological polar surface area (TPSA) is 34.4 Å². The van der Waals surface area contributed by atoms with Gasteiger partial charge < -0.3 is 14.5 Å². The van der Waals surface area contributed by atoms with Crippen molar-refractivity contribution in [2.45, 2.75) is 31.8 Å². The van der Waals surface area contributed by atoms with Crippen LogP contribution in [0.15, 0.2) is 41.0 Å². The fraction of sp³-hybridized carbons (Fsp3) is 0.412. The molecular weight excluding hydrogens is 250 g/mol. The average Bonchev–Trinajstić information content (AvgIpc) is 3.14. The SMILES string of the molecule is CNCCC(Oc1cccc2c1CCC2)c1ccco1. The summed E-state index contributed by atoms with van der Waals surface area (Å²) < 4.78 is 11.8. The van der Waals surface area contributed by atoms with Gasteiger partial charge in [-0.3, -0.25) is 0 Å². The third-order valence-corrected chi connectivity index (χ3v) is 3.89. The molecule has 0 amide bonds. The minimum Gasteiger partial charge on any atom is -0.482 e. The predicted octanol–water partition coefficient (Wildman–Crippen LogP) is 3.50. The lowest BCUT2D eigenvalue weighted by Crippen LogP contribution is -2.16. The van der Waals surface area contributed by atoms with Crippen LogP contribution < -0.4 is 10.1 Å². The van der Waals surface area contributed by atoms with E-state index in [1.54, 1.807) is 6.26 Å². The predicted molar refractivity (Wildman–Crippen MR) is 79.1 cm³/mol. The number of rotatable bonds is 6. The van der Waals surface area contributed by atoms with Gasteiger partial charge in [0.15, 0.2) is 6.10 Å². The highest BCUT2D eigenvalue weighted by molar-refractivity contribution is 5.43. The normalized spacial score (nSPS) is 15.1. The highest BCUT2D eigenvalue weighted by Crippen LogP contribution is 2.34. The van der Waals surface area contributed by atoms with Crippen molar-refractivity contribution in [2.75, 3.05) is 13.6 Å². The Morgan fingerprint density at radius 2 is 2.20 bits per heavy atom. The fourth-order valence-corrected chi connectivity index (χ4v) is 2.86. The maximum Gasteiger partial charge on any atom is 0.157 e. The van der Waals surface area contributed by atoms with Gasteiger partial charge in [0, 0.05) is 6.42 Å². The van der Waals surface area contributed by atoms with E-state index < -0.39 is 0 Å². The second-order valence-electron chi connectivity index (χ2n) is 5.26. The molecule has 1 aromatic heterocycles. The maximum absolute atomic E-state index is 6.27. The standard InChI is InChI=1S/C17H21NO2/c1-18-11-10-17(16-9-4-12-19-16)20-15-8-3-6-13-5-2-7-14(13)15/h3-4,6,8-9,12,17-18H,2,5,7,10-11H2,1H3. The van der Waals surface area contributed by atoms with Crippen LogP contribution in [0.2, 0.25) is 0 Å². The number of benzene rings is 1. The number of furan rings is 1. The molecule has 1 aliphatic carbocycles. The van der Waals surface area contributed by atoms with Gasteiger partial charge >= 0.3 is 0 Å². The minimum atomic E-state index is -0.0236. The first kappa shape index (κ1) is 13.3. The molecule has 1 unspecified atom stereocenters. The third kappa shape index (κ3) is 2.73. The first-order chi connectivity index (χ1) is 9.88. The molecule has 3 nitrogen and oxygen atoms in total. The Morgan fingerprint density at radius 1 is 1.25 bits per heavy atom. The lowest BCUT2D eigenvalue weighted by molar-refractivity contribution is 0.165. The lowest BCUT2D eigenvalue weighted by Gasteiger charge is -2.19. The van der Waals surface area contributed by atoms with Gasteiger partial charge in [-0.2, -0.15) is 0 Å². The van der Waals surface area contributed by atoms with E-state index in [0.29, 0.717) is 0 Å². The van der Waals surface area contributed by atoms with Gasteiger partial charge in [0.2, 0.25) is 0 Å². The van der Waals surface area contributed by atoms with E-state index in [1.165, 1.54) is 24.0 Å². The van der Waals surface area contributed by atoms with Gasteiger partial charge in [0.05, 0.1) is 6.26 Å². The highest BCUT2D eigenvalue weighted by atomic mass is 16.5. The number of fused-ring (bicyclic) bond motifs is 1. The molecule has 106 valence electrons. The van der Waals surface area contributed by atoms with Crippen molar-refractivity contribution in [3.63, 3.8) is 0 Å². The molecule has 3 rings (SSSR count). The fourth-order valence-electron chi connectivity index (χ4n) is 2.86. The first-order valence-corrected chi connectivity index (χ1v) is 7.34. The summed E-state index contributed by atoms with van der Waals surface area (Å²) in [4.78, 5) is 0. The molecule has 0 bridgehead atoms. The molecule has 1 aromatic carbocycles. The van der Waals surface area contributed by atoms with Gasteiger partial charge in [-0.1, -0.05) is 12.1 Å². The Labute approximate surface area is 119 Å². The summed E-state index contributed by atoms with van der Waals surface area (Å²) in [6.07, 6.45) is 6.12. The Kier molecular flexibility index (Phi) is 4.07. The molecule has 1 aliphatic rings. The van der Waals surface area contributed by atoms with Crippen LogP contribution in [0.4, 0.5) is 0 Å². The number of hydrogen-bond donors (Lipinski definition) is 1. The average molecular weight is 271 g/mol. The number of ether oxygens (including phenoxy) is 1. The van der Waals surface area contributed by atoms with Crippen LogP contribution in [0.5, 0.6) is 5.75 Å². The van der Waals surface area contributed by atoms with Gasteiger partial charge in [0.1, 0.15) is 11.5 Å². The second-order valence-corrected chi connectivity index (χ2v) is 5.26. The maximum atomic E-state index is 6.27. The molecule has 1 N–H and O–H groups in total. The quantitative estimate of drug-likeness (QED) is 0.873. The Morgan fingerprint density at radius 3 is 3.00 bits per heavy atom. The van der Waals surface area contributed by atoms with E-state index in [-0.39, 0.29) is 6.10 Å². The molecule has 1 heterocycles. The van der Waals surface area contributed by atoms with E-state index in [4.69, 9.17) is 9.15 Å². The van der Waals surface area contributed by atoms with E-state index in [0.717, 1.165) is 30.9 Å². The number of hydrogen-bond acceptors (Lipinski definition) is 3. The smallest absolute Gasteiger partial charge is 0.157 e. The van der Waals surface area contributed by atoms with Crippen molar-refractivity contribution >= 4 is 0 Å². The monoisotopic (exact) mass is 271 g/mol. The summed E-state index contributed by atoms with van der Waals surface area (Å²) >= 11 is 0. The summed E-state index contributed by atoms with van der Waals surface area (Å²) in [5.41, 5.74) is 2.82. The van der Waals surface area contributed by atoms with Crippen LogP contribution in [0.25, 0.3) is 0 Å². The molecule has 2 aromatic rings. The zero-order chi connectivity index (χ0) is 13.8. The Hall–Kier alpha value is -1.74. The lowest BCUT2D eigenvalue weighted by atomic mass is 10.1. The van der Waals surface area contributed by atoms with Crippen LogP contribution >= 0.6 is 0 Å². The van der Waals surface area contributed by atoms with E-state index in [2.05, 4.69) is 23.5 Å². The van der Waals surface area contributed by atoms with Gasteiger partial charge in [0.25, 0.3) is 0 Å². The Balaban J connectivity index is 1.81. The van der Waals surface area contributed by atoms with Crippen LogP contribution in [0.1, 0.15) is 35.8 Å². The molecule has 0 saturated heterocycles. The zero-order valence-corrected chi connectivity index (χ0v) is 11.9. The van der Waals surface area contributed by atoms with Crippen LogP contribution in [-0.2, 0) is 12.8 Å². The third-order valence-electron chi connectivity index (χ3n) is 3.89. The van der Waals surface area contributed by atoms with Gasteiger partial charge in [-0.25, -0.2) is 0 Å². The van der Waals surface area contributed by atoms with Crippen LogP contribution in [0.3, 0.4) is 0 Å². The second kappa shape index (κ2) is 6.14. The van der Waals surface area contributed by atoms with Crippen molar-refractivity contribution < 1.29 is 9.15 Å². The molecule has 0 radical (unpaired) electrons. The number of nitrogens with one attached hydrogen (secondary N) is 1. The van der Waals surface area contributed by atoms with Gasteiger partial charge in [-0.05, 0) is 62.2 Å². The molecule has 20 heavy (non-hydrogen) atoms. The molecule has 0 saturated carbocycles. The van der Waals surface area contributed by atoms with E-state index in [1.807, 2.05) is 19.2 Å². The van der Waals surface area contributed by atoms with Gasteiger partial charge in [-0.15, -0.1) is 0 Å². The summed E-state index contributed by atoms with van der Waals surface area (Å²) in [6.45, 7) is 0.903. The van der Waals surface area contributed by atoms with Crippen molar-refractivity contribution in [3.05, 3.63) is 53.5 Å². The van der Waals surface area contributed by atoms with E-state index in [9.17, 15) is 0 Å². The minimum absolute atomic E-state index is 0.0236. The van der Waals surface area contributed by atoms with Crippen molar-refractivity contribution in [1.82, 2.24) is 5.32 Å². The molecule has 0 fully saturated rings. The van der Waals surface area contributed by atoms with Crippen molar-refractivity contribution in [3.8, 4) is 5.75 Å². The molecule has 0 aliphatic heterocycles. The van der Waals surface area contributed by atoms with E-state index >= 15 is 0 Å². The first-order valence-electron chi connectivity index (χ1n) is 7.34. The summed E-state index contributed by atoms with van der Waals surface area (Å²) in [6, 6.07) is 10.3. The Bertz CT molecular complexity index is 548. The summed E-state index contributed by atoms with van der Waals surface area (Å²) in [7, 11) is 1.96.